The van der Waals surface area contributed by atoms with Gasteiger partial charge in [-0.05, 0) is 29.8 Å². The molecule has 68 valence electrons. The molecular formula is C8H8BrN3O. The second-order valence-electron chi connectivity index (χ2n) is 2.89. The van der Waals surface area contributed by atoms with Crippen molar-refractivity contribution in [2.24, 2.45) is 0 Å². The standard InChI is InChI=1S/C8H8BrN3O/c1-4-3-6-10-5(2)7(9)8(13)12(6)11-4/h3,13H,1-2H3. The molecule has 5 heteroatoms. The molecule has 2 aromatic rings. The monoisotopic (exact) mass is 241 g/mol. The fraction of sp³-hybridized carbons (Fsp3) is 0.250. The average molecular weight is 242 g/mol. The quantitative estimate of drug-likeness (QED) is 0.766. The zero-order valence-corrected chi connectivity index (χ0v) is 8.83. The molecule has 0 spiro atoms. The summed E-state index contributed by atoms with van der Waals surface area (Å²) in [5.41, 5.74) is 2.25. The first kappa shape index (κ1) is 8.50. The van der Waals surface area contributed by atoms with Crippen LogP contribution < -0.4 is 0 Å². The maximum absolute atomic E-state index is 9.67. The number of hydrogen-bond donors (Lipinski definition) is 1. The molecular weight excluding hydrogens is 234 g/mol. The Morgan fingerprint density at radius 1 is 1.46 bits per heavy atom. The molecule has 2 heterocycles. The van der Waals surface area contributed by atoms with Gasteiger partial charge < -0.3 is 5.11 Å². The van der Waals surface area contributed by atoms with E-state index in [4.69, 9.17) is 0 Å². The zero-order valence-electron chi connectivity index (χ0n) is 7.24. The van der Waals surface area contributed by atoms with Crippen LogP contribution in [0.5, 0.6) is 5.88 Å². The van der Waals surface area contributed by atoms with Gasteiger partial charge in [-0.2, -0.15) is 9.61 Å². The summed E-state index contributed by atoms with van der Waals surface area (Å²) in [6.45, 7) is 3.68. The largest absolute Gasteiger partial charge is 0.492 e. The lowest BCUT2D eigenvalue weighted by molar-refractivity contribution is 0.430. The summed E-state index contributed by atoms with van der Waals surface area (Å²) in [5, 5.41) is 13.8. The van der Waals surface area contributed by atoms with Crippen LogP contribution in [0.4, 0.5) is 0 Å². The van der Waals surface area contributed by atoms with Gasteiger partial charge in [0.1, 0.15) is 4.47 Å². The number of aromatic hydroxyl groups is 1. The highest BCUT2D eigenvalue weighted by atomic mass is 79.9. The maximum atomic E-state index is 9.67. The summed E-state index contributed by atoms with van der Waals surface area (Å²) in [7, 11) is 0. The summed E-state index contributed by atoms with van der Waals surface area (Å²) in [6, 6.07) is 1.82. The molecule has 13 heavy (non-hydrogen) atoms. The molecule has 0 aromatic carbocycles. The Bertz CT molecular complexity index is 478. The number of fused-ring (bicyclic) bond motifs is 1. The van der Waals surface area contributed by atoms with Gasteiger partial charge in [-0.25, -0.2) is 4.98 Å². The zero-order chi connectivity index (χ0) is 9.59. The van der Waals surface area contributed by atoms with Crippen molar-refractivity contribution in [1.29, 1.82) is 0 Å². The SMILES string of the molecule is Cc1cc2nc(C)c(Br)c(O)n2n1. The van der Waals surface area contributed by atoms with Gasteiger partial charge in [0.05, 0.1) is 11.4 Å². The first-order valence-corrected chi connectivity index (χ1v) is 4.60. The Hall–Kier alpha value is -1.10. The van der Waals surface area contributed by atoms with Gasteiger partial charge in [0.25, 0.3) is 0 Å². The summed E-state index contributed by atoms with van der Waals surface area (Å²) < 4.78 is 2.00. The molecule has 1 N–H and O–H groups in total. The van der Waals surface area contributed by atoms with Crippen molar-refractivity contribution in [2.45, 2.75) is 13.8 Å². The lowest BCUT2D eigenvalue weighted by Crippen LogP contribution is -1.95. The Kier molecular flexibility index (Phi) is 1.76. The van der Waals surface area contributed by atoms with Crippen molar-refractivity contribution in [3.8, 4) is 5.88 Å². The molecule has 0 aliphatic rings. The molecule has 0 fully saturated rings. The second kappa shape index (κ2) is 2.70. The van der Waals surface area contributed by atoms with Crippen molar-refractivity contribution in [3.63, 3.8) is 0 Å². The molecule has 0 saturated carbocycles. The van der Waals surface area contributed by atoms with E-state index >= 15 is 0 Å². The fourth-order valence-electron chi connectivity index (χ4n) is 1.20. The van der Waals surface area contributed by atoms with Gasteiger partial charge in [0, 0.05) is 6.07 Å². The predicted molar refractivity (Wildman–Crippen MR) is 51.8 cm³/mol. The third-order valence-corrected chi connectivity index (χ3v) is 2.74. The lowest BCUT2D eigenvalue weighted by Gasteiger charge is -2.02. The molecule has 0 saturated heterocycles. The third kappa shape index (κ3) is 1.19. The summed E-state index contributed by atoms with van der Waals surface area (Å²) in [4.78, 5) is 4.25. The molecule has 2 aromatic heterocycles. The normalized spacial score (nSPS) is 11.0. The minimum atomic E-state index is 0.0931. The van der Waals surface area contributed by atoms with Crippen LogP contribution in [0.15, 0.2) is 10.5 Å². The van der Waals surface area contributed by atoms with Gasteiger partial charge in [0.2, 0.25) is 5.88 Å². The highest BCUT2D eigenvalue weighted by molar-refractivity contribution is 9.10. The van der Waals surface area contributed by atoms with Gasteiger partial charge in [-0.3, -0.25) is 0 Å². The Morgan fingerprint density at radius 3 is 2.85 bits per heavy atom. The number of nitrogens with zero attached hydrogens (tertiary/aromatic N) is 3. The Labute approximate surface area is 83.3 Å². The van der Waals surface area contributed by atoms with Crippen LogP contribution in [0, 0.1) is 13.8 Å². The van der Waals surface area contributed by atoms with E-state index in [1.54, 1.807) is 0 Å². The molecule has 0 aliphatic heterocycles. The smallest absolute Gasteiger partial charge is 0.230 e. The van der Waals surface area contributed by atoms with E-state index in [0.29, 0.717) is 10.1 Å². The van der Waals surface area contributed by atoms with Crippen molar-refractivity contribution in [1.82, 2.24) is 14.6 Å². The van der Waals surface area contributed by atoms with Gasteiger partial charge >= 0.3 is 0 Å². The number of aromatic nitrogens is 3. The summed E-state index contributed by atoms with van der Waals surface area (Å²) >= 11 is 3.24. The van der Waals surface area contributed by atoms with E-state index in [-0.39, 0.29) is 5.88 Å². The number of hydrogen-bond acceptors (Lipinski definition) is 3. The van der Waals surface area contributed by atoms with Gasteiger partial charge in [0.15, 0.2) is 5.65 Å². The van der Waals surface area contributed by atoms with Crippen molar-refractivity contribution in [2.75, 3.05) is 0 Å². The van der Waals surface area contributed by atoms with E-state index in [0.717, 1.165) is 11.4 Å². The average Bonchev–Trinajstić information content (AvgIpc) is 2.42. The van der Waals surface area contributed by atoms with Crippen LogP contribution in [0.1, 0.15) is 11.4 Å². The summed E-state index contributed by atoms with van der Waals surface area (Å²) in [5.74, 6) is 0.0931. The predicted octanol–water partition coefficient (Wildman–Crippen LogP) is 1.81. The number of halogens is 1. The second-order valence-corrected chi connectivity index (χ2v) is 3.68. The minimum absolute atomic E-state index is 0.0931. The molecule has 0 atom stereocenters. The number of rotatable bonds is 0. The van der Waals surface area contributed by atoms with Crippen LogP contribution in [0.25, 0.3) is 5.65 Å². The van der Waals surface area contributed by atoms with E-state index in [9.17, 15) is 5.11 Å². The van der Waals surface area contributed by atoms with Crippen LogP contribution in [-0.4, -0.2) is 19.7 Å². The molecule has 0 aliphatic carbocycles. The first-order chi connectivity index (χ1) is 6.09. The molecule has 4 nitrogen and oxygen atoms in total. The van der Waals surface area contributed by atoms with Crippen molar-refractivity contribution >= 4 is 21.6 Å². The lowest BCUT2D eigenvalue weighted by atomic mass is 10.4. The van der Waals surface area contributed by atoms with Crippen LogP contribution in [0.3, 0.4) is 0 Å². The highest BCUT2D eigenvalue weighted by Crippen LogP contribution is 2.26. The van der Waals surface area contributed by atoms with Gasteiger partial charge in [-0.15, -0.1) is 0 Å². The fourth-order valence-corrected chi connectivity index (χ4v) is 1.45. The van der Waals surface area contributed by atoms with Crippen LogP contribution in [0.2, 0.25) is 0 Å². The Morgan fingerprint density at radius 2 is 2.15 bits per heavy atom. The van der Waals surface area contributed by atoms with Crippen molar-refractivity contribution in [3.05, 3.63) is 21.9 Å². The summed E-state index contributed by atoms with van der Waals surface area (Å²) in [6.07, 6.45) is 0. The molecule has 0 unspecified atom stereocenters. The van der Waals surface area contributed by atoms with Crippen molar-refractivity contribution < 1.29 is 5.11 Å². The van der Waals surface area contributed by atoms with E-state index in [1.165, 1.54) is 4.52 Å². The van der Waals surface area contributed by atoms with E-state index < -0.39 is 0 Å². The van der Waals surface area contributed by atoms with Crippen LogP contribution in [-0.2, 0) is 0 Å². The molecule has 2 rings (SSSR count). The minimum Gasteiger partial charge on any atom is -0.492 e. The highest BCUT2D eigenvalue weighted by Gasteiger charge is 2.10. The molecule has 0 amide bonds. The van der Waals surface area contributed by atoms with Gasteiger partial charge in [-0.1, -0.05) is 0 Å². The molecule has 0 radical (unpaired) electrons. The Balaban J connectivity index is 2.92. The molecule has 0 bridgehead atoms. The van der Waals surface area contributed by atoms with Crippen LogP contribution >= 0.6 is 15.9 Å². The topological polar surface area (TPSA) is 50.4 Å². The third-order valence-electron chi connectivity index (χ3n) is 1.81. The maximum Gasteiger partial charge on any atom is 0.230 e. The first-order valence-electron chi connectivity index (χ1n) is 3.81. The van der Waals surface area contributed by atoms with E-state index in [1.807, 2.05) is 19.9 Å². The number of aryl methyl sites for hydroxylation is 2. The van der Waals surface area contributed by atoms with E-state index in [2.05, 4.69) is 26.0 Å².